The first-order chi connectivity index (χ1) is 5.61. The van der Waals surface area contributed by atoms with Crippen molar-refractivity contribution < 1.29 is 19.8 Å². The minimum Gasteiger partial charge on any atom is -0.479 e. The van der Waals surface area contributed by atoms with Crippen LogP contribution in [-0.4, -0.2) is 22.2 Å². The summed E-state index contributed by atoms with van der Waals surface area (Å²) in [5.74, 6) is -2.33. The van der Waals surface area contributed by atoms with Crippen LogP contribution in [0.5, 0.6) is 0 Å². The van der Waals surface area contributed by atoms with E-state index in [0.717, 1.165) is 6.08 Å². The molecular weight excluding hydrogens is 162 g/mol. The molecule has 1 aliphatic rings. The van der Waals surface area contributed by atoms with Crippen LogP contribution >= 0.6 is 0 Å². The third-order valence-electron chi connectivity index (χ3n) is 1.28. The van der Waals surface area contributed by atoms with Crippen molar-refractivity contribution in [1.29, 1.82) is 0 Å². The average molecular weight is 168 g/mol. The van der Waals surface area contributed by atoms with Crippen molar-refractivity contribution in [3.8, 4) is 0 Å². The summed E-state index contributed by atoms with van der Waals surface area (Å²) in [7, 11) is 0. The van der Waals surface area contributed by atoms with Gasteiger partial charge in [-0.05, 0) is 18.4 Å². The molecule has 5 heteroatoms. The molecule has 3 N–H and O–H groups in total. The number of rotatable bonds is 2. The fraction of sp³-hybridized carbons (Fsp3) is 0. The van der Waals surface area contributed by atoms with Crippen LogP contribution in [0.4, 0.5) is 0 Å². The lowest BCUT2D eigenvalue weighted by molar-refractivity contribution is -0.134. The summed E-state index contributed by atoms with van der Waals surface area (Å²) in [6.07, 6.45) is 3.62. The Hall–Kier alpha value is -1.78. The maximum Gasteiger partial charge on any atom is 0.336 e. The molecule has 1 heterocycles. The summed E-state index contributed by atoms with van der Waals surface area (Å²) in [4.78, 5) is 20.7. The van der Waals surface area contributed by atoms with Gasteiger partial charge in [-0.1, -0.05) is 0 Å². The van der Waals surface area contributed by atoms with Crippen LogP contribution in [0.3, 0.4) is 0 Å². The second-order valence-corrected chi connectivity index (χ2v) is 2.10. The van der Waals surface area contributed by atoms with Gasteiger partial charge in [-0.3, -0.25) is 0 Å². The van der Waals surface area contributed by atoms with E-state index >= 15 is 0 Å². The molecule has 1 rings (SSSR count). The molecule has 5 nitrogen and oxygen atoms in total. The molecule has 1 radical (unpaired) electrons. The molecule has 0 aromatic carbocycles. The highest BCUT2D eigenvalue weighted by Crippen LogP contribution is 2.09. The van der Waals surface area contributed by atoms with Crippen molar-refractivity contribution in [3.63, 3.8) is 0 Å². The van der Waals surface area contributed by atoms with Gasteiger partial charge in [0.2, 0.25) is 0 Å². The van der Waals surface area contributed by atoms with E-state index in [-0.39, 0.29) is 11.6 Å². The van der Waals surface area contributed by atoms with Crippen LogP contribution in [0.2, 0.25) is 0 Å². The number of dihydropyridines is 1. The van der Waals surface area contributed by atoms with E-state index in [9.17, 15) is 9.59 Å². The molecule has 0 unspecified atom stereocenters. The van der Waals surface area contributed by atoms with Crippen molar-refractivity contribution in [3.05, 3.63) is 30.0 Å². The first-order valence-electron chi connectivity index (χ1n) is 3.09. The van der Waals surface area contributed by atoms with Crippen molar-refractivity contribution in [1.82, 2.24) is 5.32 Å². The summed E-state index contributed by atoms with van der Waals surface area (Å²) in [6, 6.07) is -0.144. The second kappa shape index (κ2) is 3.08. The van der Waals surface area contributed by atoms with Gasteiger partial charge >= 0.3 is 11.9 Å². The standard InChI is InChI=1S/C7H6NO4/c9-6(10)4-1-2-8-5(3-4)7(11)12/h1-3,8H,(H,9,10)(H,11,12). The van der Waals surface area contributed by atoms with Crippen LogP contribution in [0.15, 0.2) is 23.9 Å². The fourth-order valence-electron chi connectivity index (χ4n) is 0.723. The Morgan fingerprint density at radius 3 is 2.42 bits per heavy atom. The Morgan fingerprint density at radius 1 is 1.25 bits per heavy atom. The van der Waals surface area contributed by atoms with E-state index in [4.69, 9.17) is 10.2 Å². The van der Waals surface area contributed by atoms with Gasteiger partial charge in [-0.2, -0.15) is 0 Å². The molecule has 0 saturated heterocycles. The largest absolute Gasteiger partial charge is 0.479 e. The number of carbonyl (C=O) groups is 2. The highest BCUT2D eigenvalue weighted by Gasteiger charge is 2.19. The summed E-state index contributed by atoms with van der Waals surface area (Å²) in [6.45, 7) is 0. The molecule has 0 aromatic heterocycles. The molecule has 0 saturated carbocycles. The summed E-state index contributed by atoms with van der Waals surface area (Å²) in [5.41, 5.74) is -0.0499. The van der Waals surface area contributed by atoms with Gasteiger partial charge in [0.1, 0.15) is 0 Å². The number of carboxylic acids is 2. The molecule has 0 atom stereocenters. The fourth-order valence-corrected chi connectivity index (χ4v) is 0.723. The van der Waals surface area contributed by atoms with Gasteiger partial charge < -0.3 is 15.5 Å². The SMILES string of the molecule is O=C(O)[C]1C=C(C(=O)O)C=CN1. The lowest BCUT2D eigenvalue weighted by Gasteiger charge is -2.10. The third kappa shape index (κ3) is 1.63. The zero-order valence-corrected chi connectivity index (χ0v) is 5.94. The van der Waals surface area contributed by atoms with E-state index in [1.807, 2.05) is 0 Å². The number of aliphatic carboxylic acids is 2. The molecular formula is C7H6NO4. The van der Waals surface area contributed by atoms with Crippen molar-refractivity contribution in [2.24, 2.45) is 0 Å². The normalized spacial score (nSPS) is 16.5. The van der Waals surface area contributed by atoms with E-state index in [0.29, 0.717) is 0 Å². The Kier molecular flexibility index (Phi) is 2.14. The first-order valence-corrected chi connectivity index (χ1v) is 3.09. The van der Waals surface area contributed by atoms with Crippen LogP contribution in [0.1, 0.15) is 0 Å². The third-order valence-corrected chi connectivity index (χ3v) is 1.28. The number of carboxylic acid groups (broad SMARTS) is 2. The lowest BCUT2D eigenvalue weighted by Crippen LogP contribution is -2.25. The zero-order valence-electron chi connectivity index (χ0n) is 5.94. The second-order valence-electron chi connectivity index (χ2n) is 2.10. The molecule has 0 amide bonds. The predicted octanol–water partition coefficient (Wildman–Crippen LogP) is -0.269. The topological polar surface area (TPSA) is 86.6 Å². The monoisotopic (exact) mass is 168 g/mol. The zero-order chi connectivity index (χ0) is 9.14. The maximum atomic E-state index is 10.4. The van der Waals surface area contributed by atoms with Gasteiger partial charge in [-0.15, -0.1) is 0 Å². The molecule has 0 aliphatic carbocycles. The Labute approximate surface area is 68.0 Å². The van der Waals surface area contributed by atoms with E-state index in [1.54, 1.807) is 0 Å². The van der Waals surface area contributed by atoms with Gasteiger partial charge in [0, 0.05) is 0 Å². The number of nitrogens with one attached hydrogen (secondary N) is 1. The Balaban J connectivity index is 2.82. The minimum atomic E-state index is -1.18. The highest BCUT2D eigenvalue weighted by atomic mass is 16.4. The van der Waals surface area contributed by atoms with Crippen molar-refractivity contribution in [2.75, 3.05) is 0 Å². The predicted molar refractivity (Wildman–Crippen MR) is 38.9 cm³/mol. The van der Waals surface area contributed by atoms with Gasteiger partial charge in [0.05, 0.1) is 5.57 Å². The van der Waals surface area contributed by atoms with E-state index in [1.165, 1.54) is 12.3 Å². The molecule has 0 fully saturated rings. The Bertz CT molecular complexity index is 279. The Morgan fingerprint density at radius 2 is 1.92 bits per heavy atom. The van der Waals surface area contributed by atoms with Crippen LogP contribution in [0, 0.1) is 6.04 Å². The van der Waals surface area contributed by atoms with Gasteiger partial charge in [-0.25, -0.2) is 9.59 Å². The molecule has 0 bridgehead atoms. The molecule has 12 heavy (non-hydrogen) atoms. The molecule has 1 aliphatic heterocycles. The lowest BCUT2D eigenvalue weighted by atomic mass is 10.1. The van der Waals surface area contributed by atoms with Crippen LogP contribution < -0.4 is 5.32 Å². The smallest absolute Gasteiger partial charge is 0.336 e. The van der Waals surface area contributed by atoms with Gasteiger partial charge in [0.15, 0.2) is 6.04 Å². The molecule has 0 spiro atoms. The van der Waals surface area contributed by atoms with E-state index < -0.39 is 11.9 Å². The molecule has 0 aromatic rings. The average Bonchev–Trinajstić information content (AvgIpc) is 2.04. The highest BCUT2D eigenvalue weighted by molar-refractivity contribution is 5.95. The van der Waals surface area contributed by atoms with Crippen molar-refractivity contribution in [2.45, 2.75) is 0 Å². The quantitative estimate of drug-likeness (QED) is 0.528. The number of hydrogen-bond donors (Lipinski definition) is 3. The van der Waals surface area contributed by atoms with Crippen molar-refractivity contribution >= 4 is 11.9 Å². The maximum absolute atomic E-state index is 10.4. The summed E-state index contributed by atoms with van der Waals surface area (Å²) in [5, 5.41) is 19.4. The van der Waals surface area contributed by atoms with Crippen LogP contribution in [-0.2, 0) is 9.59 Å². The van der Waals surface area contributed by atoms with Gasteiger partial charge in [0.25, 0.3) is 0 Å². The summed E-state index contributed by atoms with van der Waals surface area (Å²) >= 11 is 0. The summed E-state index contributed by atoms with van der Waals surface area (Å²) < 4.78 is 0. The van der Waals surface area contributed by atoms with Crippen LogP contribution in [0.25, 0.3) is 0 Å². The number of hydrogen-bond acceptors (Lipinski definition) is 3. The minimum absolute atomic E-state index is 0.0499. The van der Waals surface area contributed by atoms with E-state index in [2.05, 4.69) is 5.32 Å². The molecule has 63 valence electrons. The first kappa shape index (κ1) is 8.32.